The molecule has 0 fully saturated rings. The molecule has 0 unspecified atom stereocenters. The number of nitrogens with one attached hydrogen (secondary N) is 2. The van der Waals surface area contributed by atoms with Crippen LogP contribution < -0.4 is 10.0 Å². The summed E-state index contributed by atoms with van der Waals surface area (Å²) in [5, 5.41) is 5.79. The Balaban J connectivity index is 1.38. The van der Waals surface area contributed by atoms with Crippen molar-refractivity contribution < 1.29 is 4.39 Å². The van der Waals surface area contributed by atoms with Gasteiger partial charge in [0.1, 0.15) is 5.82 Å². The summed E-state index contributed by atoms with van der Waals surface area (Å²) in [6, 6.07) is 15.4. The third-order valence-corrected chi connectivity index (χ3v) is 4.95. The second-order valence-electron chi connectivity index (χ2n) is 6.09. The number of halogens is 1. The van der Waals surface area contributed by atoms with Crippen LogP contribution in [0.2, 0.25) is 0 Å². The summed E-state index contributed by atoms with van der Waals surface area (Å²) >= 11 is 1.65. The first-order chi connectivity index (χ1) is 12.2. The van der Waals surface area contributed by atoms with Crippen LogP contribution in [0.5, 0.6) is 0 Å². The second-order valence-corrected chi connectivity index (χ2v) is 7.00. The van der Waals surface area contributed by atoms with E-state index in [2.05, 4.69) is 40.1 Å². The van der Waals surface area contributed by atoms with Crippen molar-refractivity contribution >= 4 is 22.7 Å². The number of rotatable bonds is 8. The van der Waals surface area contributed by atoms with Crippen LogP contribution >= 0.6 is 11.9 Å². The highest BCUT2D eigenvalue weighted by molar-refractivity contribution is 7.97. The molecular formula is C20H22FN3S. The zero-order valence-electron chi connectivity index (χ0n) is 14.2. The summed E-state index contributed by atoms with van der Waals surface area (Å²) in [7, 11) is 0. The maximum absolute atomic E-state index is 12.9. The molecule has 3 rings (SSSR count). The summed E-state index contributed by atoms with van der Waals surface area (Å²) in [5.74, 6) is -0.184. The summed E-state index contributed by atoms with van der Waals surface area (Å²) in [6.07, 6.45) is 4.60. The highest BCUT2D eigenvalue weighted by Gasteiger charge is 2.03. The van der Waals surface area contributed by atoms with Gasteiger partial charge in [-0.05, 0) is 73.1 Å². The maximum atomic E-state index is 12.9. The quantitative estimate of drug-likeness (QED) is 0.469. The number of hydrogen-bond acceptors (Lipinski definition) is 4. The zero-order valence-corrected chi connectivity index (χ0v) is 15.0. The van der Waals surface area contributed by atoms with Gasteiger partial charge >= 0.3 is 0 Å². The predicted molar refractivity (Wildman–Crippen MR) is 103 cm³/mol. The summed E-state index contributed by atoms with van der Waals surface area (Å²) in [4.78, 5) is 5.33. The van der Waals surface area contributed by atoms with Gasteiger partial charge < -0.3 is 5.32 Å². The molecule has 0 saturated heterocycles. The molecule has 0 spiro atoms. The van der Waals surface area contributed by atoms with Crippen molar-refractivity contribution in [1.29, 1.82) is 0 Å². The van der Waals surface area contributed by atoms with E-state index in [4.69, 9.17) is 0 Å². The lowest BCUT2D eigenvalue weighted by molar-refractivity contribution is 0.585. The molecule has 0 amide bonds. The minimum absolute atomic E-state index is 0.184. The van der Waals surface area contributed by atoms with E-state index in [9.17, 15) is 4.39 Å². The maximum Gasteiger partial charge on any atom is 0.123 e. The van der Waals surface area contributed by atoms with E-state index in [0.29, 0.717) is 6.04 Å². The van der Waals surface area contributed by atoms with Gasteiger partial charge in [0, 0.05) is 35.3 Å². The van der Waals surface area contributed by atoms with Crippen molar-refractivity contribution in [2.24, 2.45) is 0 Å². The Morgan fingerprint density at radius 1 is 1.08 bits per heavy atom. The Kier molecular flexibility index (Phi) is 6.39. The van der Waals surface area contributed by atoms with E-state index < -0.39 is 0 Å². The Morgan fingerprint density at radius 2 is 1.92 bits per heavy atom. The summed E-state index contributed by atoms with van der Waals surface area (Å²) in [6.45, 7) is 3.92. The Hall–Kier alpha value is -1.95. The number of pyridine rings is 1. The second kappa shape index (κ2) is 8.94. The average molecular weight is 355 g/mol. The van der Waals surface area contributed by atoms with Crippen molar-refractivity contribution in [3.8, 4) is 0 Å². The molecule has 2 aromatic carbocycles. The predicted octanol–water partition coefficient (Wildman–Crippen LogP) is 4.19. The Labute approximate surface area is 152 Å². The fraction of sp³-hybridized carbons (Fsp3) is 0.250. The summed E-state index contributed by atoms with van der Waals surface area (Å²) in [5.41, 5.74) is 1.15. The molecule has 1 atom stereocenters. The lowest BCUT2D eigenvalue weighted by Crippen LogP contribution is -2.33. The van der Waals surface area contributed by atoms with Crippen LogP contribution in [0.4, 0.5) is 4.39 Å². The van der Waals surface area contributed by atoms with Gasteiger partial charge in [0.15, 0.2) is 0 Å². The fourth-order valence-corrected chi connectivity index (χ4v) is 3.28. The molecule has 25 heavy (non-hydrogen) atoms. The van der Waals surface area contributed by atoms with Crippen molar-refractivity contribution in [2.45, 2.75) is 24.3 Å². The molecule has 0 saturated carbocycles. The molecule has 0 aliphatic rings. The van der Waals surface area contributed by atoms with Gasteiger partial charge in [-0.25, -0.2) is 4.39 Å². The molecular weight excluding hydrogens is 333 g/mol. The molecule has 1 heterocycles. The zero-order chi connectivity index (χ0) is 17.5. The van der Waals surface area contributed by atoms with Gasteiger partial charge in [-0.1, -0.05) is 18.2 Å². The van der Waals surface area contributed by atoms with Gasteiger partial charge in [0.25, 0.3) is 0 Å². The molecule has 5 heteroatoms. The van der Waals surface area contributed by atoms with Gasteiger partial charge in [-0.2, -0.15) is 0 Å². The van der Waals surface area contributed by atoms with Crippen LogP contribution in [0.1, 0.15) is 12.5 Å². The van der Waals surface area contributed by atoms with Gasteiger partial charge in [0.2, 0.25) is 0 Å². The van der Waals surface area contributed by atoms with E-state index in [0.717, 1.165) is 30.5 Å². The standard InChI is InChI=1S/C20H22FN3S/c1-15(13-22-10-8-16-2-5-19(21)6-3-16)24-25-20-7-4-18-14-23-11-9-17(18)12-20/h2-7,9,11-12,14-15,22,24H,8,10,13H2,1H3/t15-/m1/s1. The van der Waals surface area contributed by atoms with E-state index in [1.54, 1.807) is 11.9 Å². The van der Waals surface area contributed by atoms with Gasteiger partial charge in [-0.3, -0.25) is 9.71 Å². The molecule has 1 aromatic heterocycles. The van der Waals surface area contributed by atoms with Crippen LogP contribution in [0.15, 0.2) is 65.8 Å². The van der Waals surface area contributed by atoms with Crippen molar-refractivity contribution in [3.05, 3.63) is 72.3 Å². The van der Waals surface area contributed by atoms with E-state index in [1.165, 1.54) is 22.4 Å². The fourth-order valence-electron chi connectivity index (χ4n) is 2.54. The van der Waals surface area contributed by atoms with E-state index in [1.807, 2.05) is 30.6 Å². The summed E-state index contributed by atoms with van der Waals surface area (Å²) < 4.78 is 16.3. The molecule has 0 aliphatic carbocycles. The molecule has 2 N–H and O–H groups in total. The number of fused-ring (bicyclic) bond motifs is 1. The van der Waals surface area contributed by atoms with Crippen LogP contribution in [-0.2, 0) is 6.42 Å². The van der Waals surface area contributed by atoms with Gasteiger partial charge in [-0.15, -0.1) is 0 Å². The molecule has 3 nitrogen and oxygen atoms in total. The monoisotopic (exact) mass is 355 g/mol. The van der Waals surface area contributed by atoms with Crippen molar-refractivity contribution in [2.75, 3.05) is 13.1 Å². The minimum atomic E-state index is -0.184. The number of hydrogen-bond donors (Lipinski definition) is 2. The highest BCUT2D eigenvalue weighted by atomic mass is 32.2. The molecule has 0 radical (unpaired) electrons. The van der Waals surface area contributed by atoms with E-state index >= 15 is 0 Å². The smallest absolute Gasteiger partial charge is 0.123 e. The lowest BCUT2D eigenvalue weighted by Gasteiger charge is -2.14. The first-order valence-electron chi connectivity index (χ1n) is 8.42. The Bertz CT molecular complexity index is 807. The molecule has 0 aliphatic heterocycles. The number of benzene rings is 2. The van der Waals surface area contributed by atoms with Gasteiger partial charge in [0.05, 0.1) is 0 Å². The minimum Gasteiger partial charge on any atom is -0.315 e. The number of aromatic nitrogens is 1. The average Bonchev–Trinajstić information content (AvgIpc) is 2.65. The Morgan fingerprint density at radius 3 is 2.76 bits per heavy atom. The topological polar surface area (TPSA) is 37.0 Å². The highest BCUT2D eigenvalue weighted by Crippen LogP contribution is 2.21. The third kappa shape index (κ3) is 5.53. The first-order valence-corrected chi connectivity index (χ1v) is 9.24. The van der Waals surface area contributed by atoms with Crippen LogP contribution in [0, 0.1) is 5.82 Å². The lowest BCUT2D eigenvalue weighted by atomic mass is 10.1. The molecule has 130 valence electrons. The van der Waals surface area contributed by atoms with Crippen molar-refractivity contribution in [1.82, 2.24) is 15.0 Å². The van der Waals surface area contributed by atoms with Crippen LogP contribution in [0.3, 0.4) is 0 Å². The third-order valence-electron chi connectivity index (χ3n) is 3.94. The number of nitrogens with zero attached hydrogens (tertiary/aromatic N) is 1. The van der Waals surface area contributed by atoms with Crippen LogP contribution in [-0.4, -0.2) is 24.1 Å². The van der Waals surface area contributed by atoms with Crippen LogP contribution in [0.25, 0.3) is 10.8 Å². The normalized spacial score (nSPS) is 12.4. The molecule has 3 aromatic rings. The largest absolute Gasteiger partial charge is 0.315 e. The van der Waals surface area contributed by atoms with Crippen molar-refractivity contribution in [3.63, 3.8) is 0 Å². The SMILES string of the molecule is C[C@H](CNCCc1ccc(F)cc1)NSc1ccc2cnccc2c1. The van der Waals surface area contributed by atoms with E-state index in [-0.39, 0.29) is 5.82 Å². The first kappa shape index (κ1) is 17.9. The molecule has 0 bridgehead atoms.